The number of benzene rings is 1. The second-order valence-electron chi connectivity index (χ2n) is 3.83. The molecule has 0 amide bonds. The minimum Gasteiger partial charge on any atom is -0.380 e. The molecule has 2 nitrogen and oxygen atoms in total. The maximum atomic E-state index is 12.2. The Morgan fingerprint density at radius 3 is 2.63 bits per heavy atom. The number of alkyl halides is 2. The number of nitrogens with one attached hydrogen (secondary N) is 1. The van der Waals surface area contributed by atoms with E-state index in [1.54, 1.807) is 23.5 Å². The van der Waals surface area contributed by atoms with Crippen molar-refractivity contribution < 1.29 is 8.78 Å². The number of hydrogen-bond donors (Lipinski definition) is 1. The fourth-order valence-electron chi connectivity index (χ4n) is 1.54. The normalized spacial score (nSPS) is 10.9. The third kappa shape index (κ3) is 4.47. The average molecular weight is 300 g/mol. The van der Waals surface area contributed by atoms with Gasteiger partial charge in [-0.1, -0.05) is 18.7 Å². The van der Waals surface area contributed by atoms with Crippen LogP contribution in [0.25, 0.3) is 0 Å². The van der Waals surface area contributed by atoms with Gasteiger partial charge in [-0.3, -0.25) is 0 Å². The Morgan fingerprint density at radius 2 is 2.05 bits per heavy atom. The highest BCUT2D eigenvalue weighted by Gasteiger charge is 2.05. The van der Waals surface area contributed by atoms with Crippen LogP contribution in [-0.2, 0) is 13.0 Å². The quantitative estimate of drug-likeness (QED) is 0.787. The molecular formula is C13H14F2N2S2. The summed E-state index contributed by atoms with van der Waals surface area (Å²) in [4.78, 5) is 6.03. The van der Waals surface area contributed by atoms with Gasteiger partial charge in [0.2, 0.25) is 0 Å². The molecule has 1 heterocycles. The molecule has 0 radical (unpaired) electrons. The van der Waals surface area contributed by atoms with Crippen molar-refractivity contribution in [3.8, 4) is 0 Å². The first kappa shape index (κ1) is 14.3. The van der Waals surface area contributed by atoms with E-state index in [0.29, 0.717) is 23.2 Å². The first-order valence-corrected chi connectivity index (χ1v) is 7.59. The van der Waals surface area contributed by atoms with Crippen LogP contribution in [0.15, 0.2) is 35.4 Å². The van der Waals surface area contributed by atoms with Crippen molar-refractivity contribution >= 4 is 28.8 Å². The molecule has 0 bridgehead atoms. The van der Waals surface area contributed by atoms with E-state index in [9.17, 15) is 8.78 Å². The summed E-state index contributed by atoms with van der Waals surface area (Å²) in [7, 11) is 0. The highest BCUT2D eigenvalue weighted by Crippen LogP contribution is 2.26. The zero-order valence-electron chi connectivity index (χ0n) is 10.4. The highest BCUT2D eigenvalue weighted by molar-refractivity contribution is 7.99. The molecule has 1 N–H and O–H groups in total. The topological polar surface area (TPSA) is 24.9 Å². The Bertz CT molecular complexity index is 512. The fourth-order valence-corrected chi connectivity index (χ4v) is 2.84. The van der Waals surface area contributed by atoms with Gasteiger partial charge in [0.1, 0.15) is 0 Å². The van der Waals surface area contributed by atoms with E-state index < -0.39 is 5.76 Å². The molecule has 0 saturated heterocycles. The van der Waals surface area contributed by atoms with Crippen LogP contribution in [-0.4, -0.2) is 10.7 Å². The molecule has 0 atom stereocenters. The van der Waals surface area contributed by atoms with Crippen molar-refractivity contribution in [2.45, 2.75) is 30.5 Å². The van der Waals surface area contributed by atoms with Crippen LogP contribution in [0.1, 0.15) is 16.8 Å². The molecule has 0 spiro atoms. The first-order valence-electron chi connectivity index (χ1n) is 5.89. The minimum absolute atomic E-state index is 0.559. The number of thioether (sulfide) groups is 1. The van der Waals surface area contributed by atoms with Gasteiger partial charge in [-0.15, -0.1) is 11.3 Å². The summed E-state index contributed by atoms with van der Waals surface area (Å²) < 4.78 is 24.3. The van der Waals surface area contributed by atoms with Crippen LogP contribution < -0.4 is 5.32 Å². The zero-order chi connectivity index (χ0) is 13.7. The number of aromatic nitrogens is 1. The van der Waals surface area contributed by atoms with Gasteiger partial charge in [-0.05, 0) is 30.7 Å². The number of anilines is 1. The van der Waals surface area contributed by atoms with Gasteiger partial charge in [0.15, 0.2) is 0 Å². The van der Waals surface area contributed by atoms with E-state index in [1.807, 2.05) is 18.3 Å². The molecule has 0 aliphatic carbocycles. The Kier molecular flexibility index (Phi) is 5.15. The van der Waals surface area contributed by atoms with Crippen molar-refractivity contribution in [3.05, 3.63) is 40.3 Å². The van der Waals surface area contributed by atoms with E-state index >= 15 is 0 Å². The Morgan fingerprint density at radius 1 is 1.32 bits per heavy atom. The SMILES string of the molecule is CCc1ncc(CNc2ccc(SC(F)F)cc2)s1. The molecule has 1 aromatic carbocycles. The van der Waals surface area contributed by atoms with Crippen LogP contribution >= 0.6 is 23.1 Å². The predicted octanol–water partition coefficient (Wildman–Crippen LogP) is 4.63. The molecule has 6 heteroatoms. The highest BCUT2D eigenvalue weighted by atomic mass is 32.2. The fraction of sp³-hybridized carbons (Fsp3) is 0.308. The van der Waals surface area contributed by atoms with Crippen molar-refractivity contribution in [3.63, 3.8) is 0 Å². The van der Waals surface area contributed by atoms with Gasteiger partial charge in [-0.2, -0.15) is 8.78 Å². The molecule has 2 aromatic rings. The van der Waals surface area contributed by atoms with Crippen LogP contribution in [0.5, 0.6) is 0 Å². The number of nitrogens with zero attached hydrogens (tertiary/aromatic N) is 1. The summed E-state index contributed by atoms with van der Waals surface area (Å²) in [5.41, 5.74) is 0.921. The van der Waals surface area contributed by atoms with E-state index in [-0.39, 0.29) is 0 Å². The minimum atomic E-state index is -2.37. The lowest BCUT2D eigenvalue weighted by atomic mass is 10.3. The molecule has 0 saturated carbocycles. The Labute approximate surface area is 119 Å². The number of aryl methyl sites for hydroxylation is 1. The van der Waals surface area contributed by atoms with E-state index in [1.165, 1.54) is 4.88 Å². The third-order valence-corrected chi connectivity index (χ3v) is 4.31. The molecule has 2 rings (SSSR count). The summed E-state index contributed by atoms with van der Waals surface area (Å²) in [6.45, 7) is 2.79. The van der Waals surface area contributed by atoms with Crippen LogP contribution in [0, 0.1) is 0 Å². The van der Waals surface area contributed by atoms with Crippen LogP contribution in [0.4, 0.5) is 14.5 Å². The summed E-state index contributed by atoms with van der Waals surface area (Å²) in [5.74, 6) is -2.37. The van der Waals surface area contributed by atoms with Crippen molar-refractivity contribution in [1.82, 2.24) is 4.98 Å². The van der Waals surface area contributed by atoms with Gasteiger partial charge in [-0.25, -0.2) is 4.98 Å². The van der Waals surface area contributed by atoms with Gasteiger partial charge in [0, 0.05) is 21.7 Å². The summed E-state index contributed by atoms with van der Waals surface area (Å²) in [6, 6.07) is 7.02. The van der Waals surface area contributed by atoms with Crippen molar-refractivity contribution in [2.75, 3.05) is 5.32 Å². The van der Waals surface area contributed by atoms with Gasteiger partial charge in [0.25, 0.3) is 5.76 Å². The number of hydrogen-bond acceptors (Lipinski definition) is 4. The monoisotopic (exact) mass is 300 g/mol. The van der Waals surface area contributed by atoms with Crippen LogP contribution in [0.2, 0.25) is 0 Å². The molecule has 0 fully saturated rings. The molecule has 0 aliphatic rings. The summed E-state index contributed by atoms with van der Waals surface area (Å²) in [5, 5.41) is 4.38. The van der Waals surface area contributed by atoms with Gasteiger partial charge >= 0.3 is 0 Å². The second kappa shape index (κ2) is 6.86. The Hall–Kier alpha value is -1.14. The number of thiazole rings is 1. The molecular weight excluding hydrogens is 286 g/mol. The maximum Gasteiger partial charge on any atom is 0.288 e. The smallest absolute Gasteiger partial charge is 0.288 e. The van der Waals surface area contributed by atoms with Crippen molar-refractivity contribution in [1.29, 1.82) is 0 Å². The molecule has 102 valence electrons. The molecule has 1 aromatic heterocycles. The van der Waals surface area contributed by atoms with Crippen molar-refractivity contribution in [2.24, 2.45) is 0 Å². The maximum absolute atomic E-state index is 12.2. The lowest BCUT2D eigenvalue weighted by Crippen LogP contribution is -1.96. The molecule has 0 aliphatic heterocycles. The third-order valence-electron chi connectivity index (χ3n) is 2.45. The van der Waals surface area contributed by atoms with Gasteiger partial charge in [0.05, 0.1) is 11.6 Å². The summed E-state index contributed by atoms with van der Waals surface area (Å²) in [6.07, 6.45) is 2.82. The van der Waals surface area contributed by atoms with E-state index in [0.717, 1.165) is 17.1 Å². The molecule has 0 unspecified atom stereocenters. The lowest BCUT2D eigenvalue weighted by molar-refractivity contribution is 0.252. The standard InChI is InChI=1S/C13H14F2N2S2/c1-2-12-17-8-11(18-12)7-16-9-3-5-10(6-4-9)19-13(14)15/h3-6,8,13,16H,2,7H2,1H3. The zero-order valence-corrected chi connectivity index (χ0v) is 12.0. The Balaban J connectivity index is 1.89. The van der Waals surface area contributed by atoms with Crippen LogP contribution in [0.3, 0.4) is 0 Å². The first-order chi connectivity index (χ1) is 9.17. The number of rotatable bonds is 6. The number of halogens is 2. The summed E-state index contributed by atoms with van der Waals surface area (Å²) >= 11 is 2.25. The lowest BCUT2D eigenvalue weighted by Gasteiger charge is -2.05. The average Bonchev–Trinajstić information content (AvgIpc) is 2.85. The largest absolute Gasteiger partial charge is 0.380 e. The second-order valence-corrected chi connectivity index (χ2v) is 6.09. The van der Waals surface area contributed by atoms with Gasteiger partial charge < -0.3 is 5.32 Å². The molecule has 19 heavy (non-hydrogen) atoms. The van der Waals surface area contributed by atoms with E-state index in [2.05, 4.69) is 17.2 Å². The van der Waals surface area contributed by atoms with E-state index in [4.69, 9.17) is 0 Å². The predicted molar refractivity (Wildman–Crippen MR) is 77.1 cm³/mol.